The zero-order valence-corrected chi connectivity index (χ0v) is 15.0. The number of para-hydroxylation sites is 1. The molecule has 0 bridgehead atoms. The molecule has 4 rings (SSSR count). The van der Waals surface area contributed by atoms with Crippen molar-refractivity contribution in [1.82, 2.24) is 15.2 Å². The first-order valence-corrected chi connectivity index (χ1v) is 9.26. The summed E-state index contributed by atoms with van der Waals surface area (Å²) in [4.78, 5) is 4.56. The summed E-state index contributed by atoms with van der Waals surface area (Å²) in [7, 11) is 0. The van der Waals surface area contributed by atoms with Gasteiger partial charge < -0.3 is 10.1 Å². The fraction of sp³-hybridized carbons (Fsp3) is 0.167. The first-order chi connectivity index (χ1) is 12.2. The number of rotatable bonds is 3. The van der Waals surface area contributed by atoms with E-state index in [0.29, 0.717) is 21.8 Å². The number of benzene rings is 2. The Morgan fingerprint density at radius 1 is 1.12 bits per heavy atom. The quantitative estimate of drug-likeness (QED) is 0.668. The number of nitrogens with one attached hydrogen (secondary N) is 1. The summed E-state index contributed by atoms with van der Waals surface area (Å²) in [5.74, 6) is 1.35. The van der Waals surface area contributed by atoms with Crippen LogP contribution in [-0.2, 0) is 0 Å². The van der Waals surface area contributed by atoms with Gasteiger partial charge in [-0.2, -0.15) is 4.98 Å². The van der Waals surface area contributed by atoms with Crippen LogP contribution < -0.4 is 10.1 Å². The van der Waals surface area contributed by atoms with Crippen LogP contribution in [0.1, 0.15) is 18.7 Å². The number of hydrogen-bond donors (Lipinski definition) is 1. The number of nitrogens with zero attached hydrogens (tertiary/aromatic N) is 3. The normalized spacial score (nSPS) is 15.4. The Kier molecular flexibility index (Phi) is 4.46. The molecule has 0 saturated heterocycles. The van der Waals surface area contributed by atoms with Gasteiger partial charge in [0.05, 0.1) is 0 Å². The molecule has 0 saturated carbocycles. The van der Waals surface area contributed by atoms with E-state index in [1.165, 1.54) is 11.8 Å². The highest BCUT2D eigenvalue weighted by molar-refractivity contribution is 7.99. The van der Waals surface area contributed by atoms with Gasteiger partial charge in [0, 0.05) is 21.8 Å². The molecule has 1 N–H and O–H groups in total. The van der Waals surface area contributed by atoms with Gasteiger partial charge in [-0.3, -0.25) is 0 Å². The molecule has 0 spiro atoms. The highest BCUT2D eigenvalue weighted by atomic mass is 35.5. The molecule has 1 unspecified atom stereocenters. The van der Waals surface area contributed by atoms with E-state index in [9.17, 15) is 0 Å². The van der Waals surface area contributed by atoms with E-state index >= 15 is 0 Å². The van der Waals surface area contributed by atoms with Crippen LogP contribution in [-0.4, -0.2) is 20.9 Å². The zero-order chi connectivity index (χ0) is 17.2. The van der Waals surface area contributed by atoms with Gasteiger partial charge in [-0.05, 0) is 24.0 Å². The highest BCUT2D eigenvalue weighted by Gasteiger charge is 2.25. The number of fused-ring (bicyclic) bond motifs is 3. The van der Waals surface area contributed by atoms with Crippen molar-refractivity contribution in [1.29, 1.82) is 0 Å². The number of thioether (sulfide) groups is 1. The number of hydrogen-bond acceptors (Lipinski definition) is 6. The Labute approximate surface area is 154 Å². The molecule has 2 heterocycles. The minimum atomic E-state index is -0.393. The minimum absolute atomic E-state index is 0.393. The largest absolute Gasteiger partial charge is 0.448 e. The summed E-state index contributed by atoms with van der Waals surface area (Å²) in [5, 5.41) is 13.3. The van der Waals surface area contributed by atoms with Crippen LogP contribution in [0.4, 0.5) is 5.69 Å². The Morgan fingerprint density at radius 3 is 2.72 bits per heavy atom. The third-order valence-corrected chi connectivity index (χ3v) is 4.75. The van der Waals surface area contributed by atoms with Gasteiger partial charge in [-0.1, -0.05) is 60.6 Å². The van der Waals surface area contributed by atoms with Crippen molar-refractivity contribution >= 4 is 29.1 Å². The molecular weight excluding hydrogens is 356 g/mol. The molecule has 1 aromatic heterocycles. The molecule has 1 aliphatic rings. The fourth-order valence-corrected chi connectivity index (χ4v) is 3.26. The van der Waals surface area contributed by atoms with Gasteiger partial charge in [0.15, 0.2) is 11.9 Å². The molecule has 25 heavy (non-hydrogen) atoms. The first-order valence-electron chi connectivity index (χ1n) is 7.90. The molecule has 126 valence electrons. The molecule has 0 fully saturated rings. The van der Waals surface area contributed by atoms with Gasteiger partial charge in [0.2, 0.25) is 11.0 Å². The summed E-state index contributed by atoms with van der Waals surface area (Å²) in [6.45, 7) is 2.05. The first kappa shape index (κ1) is 16.2. The Morgan fingerprint density at radius 2 is 1.92 bits per heavy atom. The summed E-state index contributed by atoms with van der Waals surface area (Å²) >= 11 is 7.54. The number of aromatic nitrogens is 3. The molecule has 0 amide bonds. The lowest BCUT2D eigenvalue weighted by atomic mass is 10.1. The minimum Gasteiger partial charge on any atom is -0.448 e. The monoisotopic (exact) mass is 370 g/mol. The Bertz CT molecular complexity index is 904. The van der Waals surface area contributed by atoms with Crippen LogP contribution in [0, 0.1) is 0 Å². The summed E-state index contributed by atoms with van der Waals surface area (Å²) in [5.41, 5.74) is 3.44. The van der Waals surface area contributed by atoms with Gasteiger partial charge >= 0.3 is 0 Å². The standard InChI is InChI=1S/C18H15ClN4OS/c1-2-25-18-21-17-15(22-23-18)13-5-3-4-6-14(13)20-16(24-17)11-7-9-12(19)10-8-11/h3-10,16,20H,2H2,1H3. The maximum absolute atomic E-state index is 6.17. The predicted molar refractivity (Wildman–Crippen MR) is 100 cm³/mol. The Balaban J connectivity index is 1.82. The summed E-state index contributed by atoms with van der Waals surface area (Å²) < 4.78 is 6.17. The summed E-state index contributed by atoms with van der Waals surface area (Å²) in [6.07, 6.45) is -0.393. The van der Waals surface area contributed by atoms with E-state index in [2.05, 4.69) is 20.5 Å². The number of halogens is 1. The van der Waals surface area contributed by atoms with Crippen molar-refractivity contribution in [3.8, 4) is 17.1 Å². The molecule has 1 atom stereocenters. The van der Waals surface area contributed by atoms with Crippen molar-refractivity contribution in [2.45, 2.75) is 18.3 Å². The number of ether oxygens (including phenoxy) is 1. The van der Waals surface area contributed by atoms with Crippen molar-refractivity contribution in [2.24, 2.45) is 0 Å². The van der Waals surface area contributed by atoms with Crippen LogP contribution in [0.15, 0.2) is 53.7 Å². The predicted octanol–water partition coefficient (Wildman–Crippen LogP) is 4.81. The second-order valence-corrected chi connectivity index (χ2v) is 7.09. The van der Waals surface area contributed by atoms with Gasteiger partial charge in [0.25, 0.3) is 0 Å². The van der Waals surface area contributed by atoms with Crippen molar-refractivity contribution in [2.75, 3.05) is 11.1 Å². The van der Waals surface area contributed by atoms with Crippen LogP contribution >= 0.6 is 23.4 Å². The van der Waals surface area contributed by atoms with Crippen LogP contribution in [0.5, 0.6) is 5.88 Å². The van der Waals surface area contributed by atoms with E-state index in [1.807, 2.05) is 55.5 Å². The molecule has 1 aliphatic heterocycles. The van der Waals surface area contributed by atoms with Crippen LogP contribution in [0.3, 0.4) is 0 Å². The summed E-state index contributed by atoms with van der Waals surface area (Å²) in [6, 6.07) is 15.5. The molecule has 0 radical (unpaired) electrons. The average molecular weight is 371 g/mol. The lowest BCUT2D eigenvalue weighted by molar-refractivity contribution is 0.225. The average Bonchev–Trinajstić information content (AvgIpc) is 2.79. The molecule has 0 aliphatic carbocycles. The van der Waals surface area contributed by atoms with Crippen molar-refractivity contribution in [3.05, 3.63) is 59.1 Å². The molecule has 7 heteroatoms. The lowest BCUT2D eigenvalue weighted by Crippen LogP contribution is -2.17. The van der Waals surface area contributed by atoms with Gasteiger partial charge in [-0.15, -0.1) is 10.2 Å². The van der Waals surface area contributed by atoms with E-state index in [0.717, 1.165) is 22.6 Å². The van der Waals surface area contributed by atoms with Crippen LogP contribution in [0.2, 0.25) is 5.02 Å². The van der Waals surface area contributed by atoms with Crippen molar-refractivity contribution < 1.29 is 4.74 Å². The maximum Gasteiger partial charge on any atom is 0.247 e. The Hall–Kier alpha value is -2.31. The lowest BCUT2D eigenvalue weighted by Gasteiger charge is -2.19. The second-order valence-electron chi connectivity index (χ2n) is 5.42. The van der Waals surface area contributed by atoms with E-state index in [1.54, 1.807) is 0 Å². The van der Waals surface area contributed by atoms with Crippen molar-refractivity contribution in [3.63, 3.8) is 0 Å². The topological polar surface area (TPSA) is 59.9 Å². The van der Waals surface area contributed by atoms with E-state index < -0.39 is 6.23 Å². The number of anilines is 1. The molecule has 5 nitrogen and oxygen atoms in total. The van der Waals surface area contributed by atoms with Gasteiger partial charge in [0.1, 0.15) is 0 Å². The molecular formula is C18H15ClN4OS. The van der Waals surface area contributed by atoms with Crippen LogP contribution in [0.25, 0.3) is 11.3 Å². The second kappa shape index (κ2) is 6.90. The zero-order valence-electron chi connectivity index (χ0n) is 13.4. The molecule has 3 aromatic rings. The third kappa shape index (κ3) is 3.27. The van der Waals surface area contributed by atoms with Gasteiger partial charge in [-0.25, -0.2) is 0 Å². The van der Waals surface area contributed by atoms with E-state index in [4.69, 9.17) is 16.3 Å². The maximum atomic E-state index is 6.17. The van der Waals surface area contributed by atoms with E-state index in [-0.39, 0.29) is 0 Å². The third-order valence-electron chi connectivity index (χ3n) is 3.78. The SMILES string of the molecule is CCSc1nnc2c(n1)OC(c1ccc(Cl)cc1)Nc1ccccc1-2. The smallest absolute Gasteiger partial charge is 0.247 e. The highest BCUT2D eigenvalue weighted by Crippen LogP contribution is 2.39. The molecule has 2 aromatic carbocycles. The fourth-order valence-electron chi connectivity index (χ4n) is 2.63.